The minimum Gasteiger partial charge on any atom is -0.396 e. The summed E-state index contributed by atoms with van der Waals surface area (Å²) in [5.74, 6) is -2.68. The van der Waals surface area contributed by atoms with Crippen LogP contribution in [-0.2, 0) is 0 Å². The summed E-state index contributed by atoms with van der Waals surface area (Å²) < 4.78 is 27.0. The zero-order chi connectivity index (χ0) is 14.4. The van der Waals surface area contributed by atoms with Gasteiger partial charge in [0.25, 0.3) is 5.91 Å². The van der Waals surface area contributed by atoms with Crippen LogP contribution in [0.2, 0.25) is 0 Å². The lowest BCUT2D eigenvalue weighted by atomic mass is 10.1. The minimum absolute atomic E-state index is 0.237. The van der Waals surface area contributed by atoms with Crippen LogP contribution in [0, 0.1) is 11.6 Å². The Morgan fingerprint density at radius 3 is 2.63 bits per heavy atom. The highest BCUT2D eigenvalue weighted by atomic mass is 19.1. The van der Waals surface area contributed by atoms with Crippen molar-refractivity contribution in [3.05, 3.63) is 29.3 Å². The molecule has 0 heterocycles. The average Bonchev–Trinajstić information content (AvgIpc) is 2.33. The number of nitrogens with one attached hydrogen (secondary N) is 1. The molecule has 0 fully saturated rings. The van der Waals surface area contributed by atoms with Crippen LogP contribution in [0.4, 0.5) is 14.5 Å². The number of benzene rings is 1. The van der Waals surface area contributed by atoms with E-state index in [0.29, 0.717) is 6.54 Å². The van der Waals surface area contributed by atoms with Crippen LogP contribution < -0.4 is 11.1 Å². The van der Waals surface area contributed by atoms with Gasteiger partial charge in [-0.05, 0) is 45.6 Å². The largest absolute Gasteiger partial charge is 0.396 e. The van der Waals surface area contributed by atoms with Gasteiger partial charge >= 0.3 is 0 Å². The summed E-state index contributed by atoms with van der Waals surface area (Å²) >= 11 is 0. The summed E-state index contributed by atoms with van der Waals surface area (Å²) in [6.07, 6.45) is 1.64. The molecule has 6 heteroatoms. The van der Waals surface area contributed by atoms with Gasteiger partial charge in [0.05, 0.1) is 5.69 Å². The second-order valence-electron chi connectivity index (χ2n) is 4.59. The molecular formula is C13H19F2N3O. The van der Waals surface area contributed by atoms with Gasteiger partial charge in [0, 0.05) is 6.54 Å². The Kier molecular flexibility index (Phi) is 5.69. The van der Waals surface area contributed by atoms with Crippen molar-refractivity contribution in [3.8, 4) is 0 Å². The molecule has 0 aliphatic rings. The number of halogens is 2. The maximum Gasteiger partial charge on any atom is 0.257 e. The van der Waals surface area contributed by atoms with Gasteiger partial charge in [0.15, 0.2) is 5.82 Å². The zero-order valence-electron chi connectivity index (χ0n) is 11.2. The Balaban J connectivity index is 2.53. The third-order valence-electron chi connectivity index (χ3n) is 2.67. The van der Waals surface area contributed by atoms with E-state index in [-0.39, 0.29) is 5.69 Å². The highest BCUT2D eigenvalue weighted by Gasteiger charge is 2.18. The molecule has 0 radical (unpaired) electrons. The maximum atomic E-state index is 13.6. The van der Waals surface area contributed by atoms with Crippen LogP contribution >= 0.6 is 0 Å². The van der Waals surface area contributed by atoms with Crippen molar-refractivity contribution in [2.24, 2.45) is 0 Å². The van der Waals surface area contributed by atoms with Gasteiger partial charge in [0.1, 0.15) is 11.4 Å². The van der Waals surface area contributed by atoms with Crippen molar-refractivity contribution in [1.82, 2.24) is 10.2 Å². The van der Waals surface area contributed by atoms with Crippen LogP contribution in [0.25, 0.3) is 0 Å². The Morgan fingerprint density at radius 1 is 1.32 bits per heavy atom. The lowest BCUT2D eigenvalue weighted by Gasteiger charge is -2.10. The molecule has 0 saturated heterocycles. The van der Waals surface area contributed by atoms with Crippen molar-refractivity contribution in [3.63, 3.8) is 0 Å². The van der Waals surface area contributed by atoms with Crippen LogP contribution in [0.5, 0.6) is 0 Å². The first-order valence-electron chi connectivity index (χ1n) is 6.10. The molecule has 1 aromatic carbocycles. The monoisotopic (exact) mass is 271 g/mol. The molecule has 0 unspecified atom stereocenters. The molecule has 0 spiro atoms. The summed E-state index contributed by atoms with van der Waals surface area (Å²) in [5.41, 5.74) is 4.45. The van der Waals surface area contributed by atoms with Gasteiger partial charge in [-0.1, -0.05) is 0 Å². The van der Waals surface area contributed by atoms with Gasteiger partial charge in [-0.2, -0.15) is 0 Å². The Bertz CT molecular complexity index is 450. The van der Waals surface area contributed by atoms with E-state index < -0.39 is 23.1 Å². The van der Waals surface area contributed by atoms with Gasteiger partial charge in [-0.3, -0.25) is 4.79 Å². The molecular weight excluding hydrogens is 252 g/mol. The minimum atomic E-state index is -1.01. The van der Waals surface area contributed by atoms with Gasteiger partial charge in [0.2, 0.25) is 0 Å². The first-order chi connectivity index (χ1) is 8.93. The predicted molar refractivity (Wildman–Crippen MR) is 70.9 cm³/mol. The fourth-order valence-electron chi connectivity index (χ4n) is 1.62. The number of hydrogen-bond donors (Lipinski definition) is 2. The number of rotatable bonds is 6. The van der Waals surface area contributed by atoms with Gasteiger partial charge in [-0.25, -0.2) is 8.78 Å². The van der Waals surface area contributed by atoms with Gasteiger partial charge in [-0.15, -0.1) is 0 Å². The van der Waals surface area contributed by atoms with Crippen LogP contribution in [0.15, 0.2) is 12.1 Å². The number of amides is 1. The van der Waals surface area contributed by atoms with Crippen LogP contribution in [0.1, 0.15) is 23.2 Å². The normalized spacial score (nSPS) is 10.8. The summed E-state index contributed by atoms with van der Waals surface area (Å²) in [7, 11) is 3.91. The first-order valence-corrected chi connectivity index (χ1v) is 6.10. The highest BCUT2D eigenvalue weighted by Crippen LogP contribution is 2.18. The van der Waals surface area contributed by atoms with Crippen molar-refractivity contribution >= 4 is 11.6 Å². The van der Waals surface area contributed by atoms with E-state index in [2.05, 4.69) is 5.32 Å². The SMILES string of the molecule is CN(C)CCCCNC(=O)c1c(F)ccc(N)c1F. The molecule has 106 valence electrons. The molecule has 1 rings (SSSR count). The predicted octanol–water partition coefficient (Wildman–Crippen LogP) is 1.62. The molecule has 0 saturated carbocycles. The van der Waals surface area contributed by atoms with Crippen molar-refractivity contribution in [2.75, 3.05) is 32.9 Å². The van der Waals surface area contributed by atoms with Crippen molar-refractivity contribution in [2.45, 2.75) is 12.8 Å². The van der Waals surface area contributed by atoms with Crippen LogP contribution in [-0.4, -0.2) is 38.0 Å². The molecule has 0 bridgehead atoms. The third kappa shape index (κ3) is 4.48. The molecule has 0 atom stereocenters. The molecule has 4 nitrogen and oxygen atoms in total. The van der Waals surface area contributed by atoms with Crippen LogP contribution in [0.3, 0.4) is 0 Å². The lowest BCUT2D eigenvalue weighted by molar-refractivity contribution is 0.0944. The average molecular weight is 271 g/mol. The van der Waals surface area contributed by atoms with Crippen molar-refractivity contribution in [1.29, 1.82) is 0 Å². The zero-order valence-corrected chi connectivity index (χ0v) is 11.2. The summed E-state index contributed by atoms with van der Waals surface area (Å²) in [4.78, 5) is 13.7. The number of hydrogen-bond acceptors (Lipinski definition) is 3. The van der Waals surface area contributed by atoms with Crippen molar-refractivity contribution < 1.29 is 13.6 Å². The second-order valence-corrected chi connectivity index (χ2v) is 4.59. The number of nitrogen functional groups attached to an aromatic ring is 1. The Morgan fingerprint density at radius 2 is 2.00 bits per heavy atom. The number of carbonyl (C=O) groups excluding carboxylic acids is 1. The lowest BCUT2D eigenvalue weighted by Crippen LogP contribution is -2.27. The summed E-state index contributed by atoms with van der Waals surface area (Å²) in [6, 6.07) is 2.08. The molecule has 0 aliphatic carbocycles. The van der Waals surface area contributed by atoms with E-state index in [0.717, 1.165) is 31.5 Å². The highest BCUT2D eigenvalue weighted by molar-refractivity contribution is 5.95. The van der Waals surface area contributed by atoms with E-state index in [9.17, 15) is 13.6 Å². The number of carbonyl (C=O) groups is 1. The van der Waals surface area contributed by atoms with E-state index in [1.807, 2.05) is 19.0 Å². The molecule has 1 aromatic rings. The number of nitrogens with two attached hydrogens (primary N) is 1. The number of nitrogens with zero attached hydrogens (tertiary/aromatic N) is 1. The van der Waals surface area contributed by atoms with Gasteiger partial charge < -0.3 is 16.0 Å². The smallest absolute Gasteiger partial charge is 0.257 e. The number of unbranched alkanes of at least 4 members (excludes halogenated alkanes) is 1. The van der Waals surface area contributed by atoms with E-state index in [4.69, 9.17) is 5.73 Å². The molecule has 19 heavy (non-hydrogen) atoms. The first kappa shape index (κ1) is 15.4. The fourth-order valence-corrected chi connectivity index (χ4v) is 1.62. The Labute approximate surface area is 111 Å². The maximum absolute atomic E-state index is 13.6. The van der Waals surface area contributed by atoms with E-state index in [1.165, 1.54) is 0 Å². The topological polar surface area (TPSA) is 58.4 Å². The van der Waals surface area contributed by atoms with E-state index >= 15 is 0 Å². The molecule has 3 N–H and O–H groups in total. The third-order valence-corrected chi connectivity index (χ3v) is 2.67. The second kappa shape index (κ2) is 7.04. The number of anilines is 1. The fraction of sp³-hybridized carbons (Fsp3) is 0.462. The molecule has 0 aromatic heterocycles. The molecule has 1 amide bonds. The summed E-state index contributed by atoms with van der Waals surface area (Å²) in [5, 5.41) is 2.49. The summed E-state index contributed by atoms with van der Waals surface area (Å²) in [6.45, 7) is 1.28. The molecule has 0 aliphatic heterocycles. The Hall–Kier alpha value is -1.69. The standard InChI is InChI=1S/C13H19F2N3O/c1-18(2)8-4-3-7-17-13(19)11-9(14)5-6-10(16)12(11)15/h5-6H,3-4,7-8,16H2,1-2H3,(H,17,19). The van der Waals surface area contributed by atoms with E-state index in [1.54, 1.807) is 0 Å². The quantitative estimate of drug-likeness (QED) is 0.610.